The van der Waals surface area contributed by atoms with Gasteiger partial charge >= 0.3 is 5.97 Å². The van der Waals surface area contributed by atoms with E-state index in [4.69, 9.17) is 4.74 Å². The monoisotopic (exact) mass is 420 g/mol. The normalized spacial score (nSPS) is 26.4. The second kappa shape index (κ2) is 7.80. The third kappa shape index (κ3) is 3.48. The Morgan fingerprint density at radius 1 is 0.968 bits per heavy atom. The van der Waals surface area contributed by atoms with Crippen LogP contribution < -0.4 is 5.32 Å². The van der Waals surface area contributed by atoms with Gasteiger partial charge < -0.3 is 10.1 Å². The molecule has 7 nitrogen and oxygen atoms in total. The van der Waals surface area contributed by atoms with Gasteiger partial charge in [-0.2, -0.15) is 0 Å². The maximum Gasteiger partial charge on any atom is 0.308 e. The molecule has 7 heteroatoms. The van der Waals surface area contributed by atoms with Crippen LogP contribution in [0.5, 0.6) is 0 Å². The maximum atomic E-state index is 12.7. The van der Waals surface area contributed by atoms with Gasteiger partial charge in [0, 0.05) is 17.6 Å². The van der Waals surface area contributed by atoms with Crippen LogP contribution in [0.4, 0.5) is 5.69 Å². The summed E-state index contributed by atoms with van der Waals surface area (Å²) in [5, 5.41) is 4.65. The summed E-state index contributed by atoms with van der Waals surface area (Å²) in [6.45, 7) is -0.396. The first-order valence-corrected chi connectivity index (χ1v) is 10.8. The van der Waals surface area contributed by atoms with Gasteiger partial charge in [-0.15, -0.1) is 0 Å². The zero-order valence-electron chi connectivity index (χ0n) is 17.1. The van der Waals surface area contributed by atoms with Crippen molar-refractivity contribution in [2.45, 2.75) is 25.7 Å². The molecule has 2 aromatic rings. The summed E-state index contributed by atoms with van der Waals surface area (Å²) in [5.74, 6) is -1.05. The van der Waals surface area contributed by atoms with Crippen molar-refractivity contribution in [3.05, 3.63) is 42.5 Å². The van der Waals surface area contributed by atoms with Gasteiger partial charge in [0.05, 0.1) is 18.3 Å². The van der Waals surface area contributed by atoms with E-state index in [0.29, 0.717) is 17.5 Å². The number of nitrogens with one attached hydrogen (secondary N) is 1. The molecule has 2 aliphatic carbocycles. The Hall–Kier alpha value is -3.22. The van der Waals surface area contributed by atoms with Crippen LogP contribution in [0.2, 0.25) is 0 Å². The van der Waals surface area contributed by atoms with Crippen LogP contribution in [-0.2, 0) is 23.9 Å². The van der Waals surface area contributed by atoms with Gasteiger partial charge in [0.25, 0.3) is 5.91 Å². The minimum Gasteiger partial charge on any atom is -0.456 e. The Morgan fingerprint density at radius 2 is 1.65 bits per heavy atom. The molecule has 2 aromatic carbocycles. The van der Waals surface area contributed by atoms with E-state index in [1.54, 1.807) is 6.07 Å². The smallest absolute Gasteiger partial charge is 0.308 e. The number of fused-ring (bicyclic) bond motifs is 6. The lowest BCUT2D eigenvalue weighted by atomic mass is 9.81. The number of benzene rings is 2. The topological polar surface area (TPSA) is 92.8 Å². The molecule has 31 heavy (non-hydrogen) atoms. The van der Waals surface area contributed by atoms with Gasteiger partial charge in [0.15, 0.2) is 6.61 Å². The van der Waals surface area contributed by atoms with Gasteiger partial charge in [-0.05, 0) is 42.6 Å². The number of nitrogens with zero attached hydrogens (tertiary/aromatic N) is 1. The van der Waals surface area contributed by atoms with Crippen LogP contribution in [0.1, 0.15) is 25.7 Å². The lowest BCUT2D eigenvalue weighted by molar-refractivity contribution is -0.149. The third-order valence-electron chi connectivity index (χ3n) is 6.99. The molecule has 2 bridgehead atoms. The van der Waals surface area contributed by atoms with E-state index in [0.717, 1.165) is 30.0 Å². The van der Waals surface area contributed by atoms with E-state index in [9.17, 15) is 19.2 Å². The van der Waals surface area contributed by atoms with Crippen LogP contribution in [-0.4, -0.2) is 41.7 Å². The molecule has 3 aliphatic rings. The zero-order valence-corrected chi connectivity index (χ0v) is 17.1. The van der Waals surface area contributed by atoms with Gasteiger partial charge in [-0.3, -0.25) is 24.1 Å². The van der Waals surface area contributed by atoms with Crippen molar-refractivity contribution in [1.29, 1.82) is 0 Å². The quantitative estimate of drug-likeness (QED) is 0.573. The first kappa shape index (κ1) is 19.7. The fourth-order valence-electron chi connectivity index (χ4n) is 5.63. The van der Waals surface area contributed by atoms with E-state index in [1.165, 1.54) is 4.90 Å². The van der Waals surface area contributed by atoms with Crippen molar-refractivity contribution in [1.82, 2.24) is 4.90 Å². The molecule has 3 amide bonds. The van der Waals surface area contributed by atoms with Crippen LogP contribution in [0, 0.1) is 23.7 Å². The number of carbonyl (C=O) groups is 4. The predicted octanol–water partition coefficient (Wildman–Crippen LogP) is 2.74. The summed E-state index contributed by atoms with van der Waals surface area (Å²) in [7, 11) is 0. The maximum absolute atomic E-state index is 12.7. The summed E-state index contributed by atoms with van der Waals surface area (Å²) in [6, 6.07) is 13.2. The standard InChI is InChI=1S/C24H24N2O5/c27-19(25-18-7-3-5-14-4-1-2-6-17(14)18)13-31-20(28)10-11-26-23(29)21-15-8-9-16(12-15)22(21)24(26)30/h1-7,15-16,21-22H,8-13H2,(H,25,27)/t15-,16-,21-,22+/m0/s1. The number of imide groups is 1. The largest absolute Gasteiger partial charge is 0.456 e. The molecular formula is C24H24N2O5. The molecule has 5 rings (SSSR count). The molecule has 2 saturated carbocycles. The second-order valence-corrected chi connectivity index (χ2v) is 8.70. The van der Waals surface area contributed by atoms with Gasteiger partial charge in [0.2, 0.25) is 11.8 Å². The predicted molar refractivity (Wildman–Crippen MR) is 113 cm³/mol. The number of carbonyl (C=O) groups excluding carboxylic acids is 4. The van der Waals surface area contributed by atoms with Crippen LogP contribution in [0.25, 0.3) is 10.8 Å². The lowest BCUT2D eigenvalue weighted by Gasteiger charge is -2.19. The molecule has 3 fully saturated rings. The molecule has 1 heterocycles. The molecule has 0 spiro atoms. The van der Waals surface area contributed by atoms with Crippen molar-refractivity contribution >= 4 is 40.2 Å². The van der Waals surface area contributed by atoms with E-state index < -0.39 is 18.5 Å². The van der Waals surface area contributed by atoms with Crippen LogP contribution >= 0.6 is 0 Å². The highest BCUT2D eigenvalue weighted by atomic mass is 16.5. The van der Waals surface area contributed by atoms with E-state index >= 15 is 0 Å². The average molecular weight is 420 g/mol. The summed E-state index contributed by atoms with van der Waals surface area (Å²) in [5.41, 5.74) is 0.647. The second-order valence-electron chi connectivity index (χ2n) is 8.70. The first-order valence-electron chi connectivity index (χ1n) is 10.8. The lowest BCUT2D eigenvalue weighted by Crippen LogP contribution is -2.35. The molecular weight excluding hydrogens is 396 g/mol. The molecule has 1 N–H and O–H groups in total. The minimum absolute atomic E-state index is 0.0217. The number of ether oxygens (including phenoxy) is 1. The van der Waals surface area contributed by atoms with Gasteiger partial charge in [-0.25, -0.2) is 0 Å². The number of hydrogen-bond acceptors (Lipinski definition) is 5. The van der Waals surface area contributed by atoms with E-state index in [-0.39, 0.29) is 36.6 Å². The van der Waals surface area contributed by atoms with Crippen LogP contribution in [0.15, 0.2) is 42.5 Å². The molecule has 4 atom stereocenters. The Bertz CT molecular complexity index is 1050. The third-order valence-corrected chi connectivity index (χ3v) is 6.99. The van der Waals surface area contributed by atoms with Crippen molar-refractivity contribution in [3.63, 3.8) is 0 Å². The summed E-state index contributed by atoms with van der Waals surface area (Å²) in [6.07, 6.45) is 2.92. The van der Waals surface area contributed by atoms with Crippen molar-refractivity contribution in [2.24, 2.45) is 23.7 Å². The molecule has 0 radical (unpaired) electrons. The fourth-order valence-corrected chi connectivity index (χ4v) is 5.63. The molecule has 1 saturated heterocycles. The molecule has 160 valence electrons. The number of likely N-dealkylation sites (tertiary alicyclic amines) is 1. The van der Waals surface area contributed by atoms with E-state index in [2.05, 4.69) is 5.32 Å². The highest BCUT2D eigenvalue weighted by molar-refractivity contribution is 6.06. The molecule has 0 aromatic heterocycles. The van der Waals surface area contributed by atoms with Gasteiger partial charge in [0.1, 0.15) is 0 Å². The fraction of sp³-hybridized carbons (Fsp3) is 0.417. The summed E-state index contributed by atoms with van der Waals surface area (Å²) < 4.78 is 5.07. The first-order chi connectivity index (χ1) is 15.0. The SMILES string of the molecule is O=C(COC(=O)CCN1C(=O)[C@@H]2[C@H]3CC[C@@H](C3)[C@@H]2C1=O)Nc1cccc2ccccc12. The summed E-state index contributed by atoms with van der Waals surface area (Å²) in [4.78, 5) is 50.9. The minimum atomic E-state index is -0.603. The zero-order chi connectivity index (χ0) is 21.5. The molecule has 0 unspecified atom stereocenters. The average Bonchev–Trinajstić information content (AvgIpc) is 3.45. The van der Waals surface area contributed by atoms with Crippen molar-refractivity contribution in [2.75, 3.05) is 18.5 Å². The highest BCUT2D eigenvalue weighted by Crippen LogP contribution is 2.56. The number of amides is 3. The number of hydrogen-bond donors (Lipinski definition) is 1. The Labute approximate surface area is 179 Å². The number of rotatable bonds is 6. The summed E-state index contributed by atoms with van der Waals surface area (Å²) >= 11 is 0. The van der Waals surface area contributed by atoms with Crippen molar-refractivity contribution in [3.8, 4) is 0 Å². The Balaban J connectivity index is 1.12. The number of anilines is 1. The van der Waals surface area contributed by atoms with Gasteiger partial charge in [-0.1, -0.05) is 36.4 Å². The molecule has 1 aliphatic heterocycles. The Kier molecular flexibility index (Phi) is 4.96. The van der Waals surface area contributed by atoms with Crippen molar-refractivity contribution < 1.29 is 23.9 Å². The Morgan fingerprint density at radius 3 is 2.39 bits per heavy atom. The van der Waals surface area contributed by atoms with E-state index in [1.807, 2.05) is 36.4 Å². The number of esters is 1. The van der Waals surface area contributed by atoms with Crippen LogP contribution in [0.3, 0.4) is 0 Å². The highest BCUT2D eigenvalue weighted by Gasteiger charge is 2.60.